The van der Waals surface area contributed by atoms with E-state index >= 15 is 0 Å². The van der Waals surface area contributed by atoms with Gasteiger partial charge in [0, 0.05) is 18.8 Å². The summed E-state index contributed by atoms with van der Waals surface area (Å²) < 4.78 is 18.9. The minimum Gasteiger partial charge on any atom is -0.381 e. The number of rotatable bonds is 3. The molecule has 1 fully saturated rings. The van der Waals surface area contributed by atoms with Gasteiger partial charge >= 0.3 is 0 Å². The van der Waals surface area contributed by atoms with E-state index < -0.39 is 5.41 Å². The van der Waals surface area contributed by atoms with Crippen LogP contribution in [0.5, 0.6) is 0 Å². The molecule has 21 heavy (non-hydrogen) atoms. The molecule has 0 N–H and O–H groups in total. The number of Topliss-reactive ketones (excluding diaryl/α,β-unsaturated/α-hetero) is 1. The number of benzene rings is 2. The Labute approximate surface area is 123 Å². The molecule has 0 radical (unpaired) electrons. The average molecular weight is 284 g/mol. The molecular weight excluding hydrogens is 267 g/mol. The van der Waals surface area contributed by atoms with Crippen molar-refractivity contribution in [3.05, 3.63) is 71.5 Å². The van der Waals surface area contributed by atoms with Gasteiger partial charge in [0.05, 0.1) is 5.41 Å². The first-order chi connectivity index (χ1) is 10.2. The highest BCUT2D eigenvalue weighted by molar-refractivity contribution is 6.04. The second kappa shape index (κ2) is 5.78. The first-order valence-corrected chi connectivity index (χ1v) is 7.16. The minimum atomic E-state index is -0.604. The summed E-state index contributed by atoms with van der Waals surface area (Å²) in [5.74, 6) is -0.396. The SMILES string of the molecule is O=C(c1cccc(F)c1)C1(c2ccccc2)CCOCC1. The molecule has 0 amide bonds. The Kier molecular flexibility index (Phi) is 3.84. The Hall–Kier alpha value is -2.00. The third-order valence-electron chi connectivity index (χ3n) is 4.19. The summed E-state index contributed by atoms with van der Waals surface area (Å²) in [6.45, 7) is 1.10. The van der Waals surface area contributed by atoms with Gasteiger partial charge in [-0.2, -0.15) is 0 Å². The van der Waals surface area contributed by atoms with Crippen LogP contribution >= 0.6 is 0 Å². The molecule has 1 saturated heterocycles. The second-order valence-corrected chi connectivity index (χ2v) is 5.40. The normalized spacial score (nSPS) is 17.4. The van der Waals surface area contributed by atoms with E-state index in [1.54, 1.807) is 12.1 Å². The number of ketones is 1. The van der Waals surface area contributed by atoms with E-state index in [9.17, 15) is 9.18 Å². The zero-order chi connectivity index (χ0) is 14.7. The summed E-state index contributed by atoms with van der Waals surface area (Å²) in [4.78, 5) is 13.1. The number of hydrogen-bond acceptors (Lipinski definition) is 2. The monoisotopic (exact) mass is 284 g/mol. The molecule has 3 heteroatoms. The zero-order valence-corrected chi connectivity index (χ0v) is 11.7. The molecule has 1 aliphatic heterocycles. The maximum atomic E-state index is 13.4. The number of hydrogen-bond donors (Lipinski definition) is 0. The van der Waals surface area contributed by atoms with Crippen molar-refractivity contribution in [2.24, 2.45) is 0 Å². The molecular formula is C18H17FO2. The van der Waals surface area contributed by atoms with Gasteiger partial charge in [0.1, 0.15) is 5.82 Å². The maximum Gasteiger partial charge on any atom is 0.173 e. The van der Waals surface area contributed by atoms with E-state index in [0.29, 0.717) is 31.6 Å². The van der Waals surface area contributed by atoms with Crippen LogP contribution in [-0.4, -0.2) is 19.0 Å². The molecule has 2 aromatic rings. The molecule has 0 atom stereocenters. The van der Waals surface area contributed by atoms with Crippen molar-refractivity contribution in [3.8, 4) is 0 Å². The van der Waals surface area contributed by atoms with Crippen LogP contribution in [-0.2, 0) is 10.2 Å². The third-order valence-corrected chi connectivity index (χ3v) is 4.19. The van der Waals surface area contributed by atoms with Crippen LogP contribution in [0, 0.1) is 5.82 Å². The quantitative estimate of drug-likeness (QED) is 0.802. The predicted molar refractivity (Wildman–Crippen MR) is 78.9 cm³/mol. The molecule has 3 rings (SSSR count). The lowest BCUT2D eigenvalue weighted by Crippen LogP contribution is -2.41. The van der Waals surface area contributed by atoms with Crippen LogP contribution in [0.25, 0.3) is 0 Å². The van der Waals surface area contributed by atoms with Crippen molar-refractivity contribution in [1.82, 2.24) is 0 Å². The lowest BCUT2D eigenvalue weighted by Gasteiger charge is -2.36. The molecule has 1 heterocycles. The lowest BCUT2D eigenvalue weighted by atomic mass is 9.69. The molecule has 1 aliphatic rings. The molecule has 108 valence electrons. The van der Waals surface area contributed by atoms with Crippen molar-refractivity contribution in [3.63, 3.8) is 0 Å². The van der Waals surface area contributed by atoms with Gasteiger partial charge in [-0.05, 0) is 30.5 Å². The Morgan fingerprint density at radius 1 is 1.00 bits per heavy atom. The van der Waals surface area contributed by atoms with Crippen LogP contribution in [0.2, 0.25) is 0 Å². The number of halogens is 1. The molecule has 0 spiro atoms. The summed E-state index contributed by atoms with van der Waals surface area (Å²) in [7, 11) is 0. The van der Waals surface area contributed by atoms with Crippen molar-refractivity contribution < 1.29 is 13.9 Å². The lowest BCUT2D eigenvalue weighted by molar-refractivity contribution is 0.0423. The Balaban J connectivity index is 2.06. The van der Waals surface area contributed by atoms with Gasteiger partial charge in [-0.1, -0.05) is 42.5 Å². The smallest absolute Gasteiger partial charge is 0.173 e. The molecule has 2 nitrogen and oxygen atoms in total. The second-order valence-electron chi connectivity index (χ2n) is 5.40. The number of ether oxygens (including phenoxy) is 1. The number of carbonyl (C=O) groups excluding carboxylic acids is 1. The fraction of sp³-hybridized carbons (Fsp3) is 0.278. The fourth-order valence-corrected chi connectivity index (χ4v) is 3.03. The van der Waals surface area contributed by atoms with Crippen LogP contribution < -0.4 is 0 Å². The van der Waals surface area contributed by atoms with Crippen LogP contribution in [0.15, 0.2) is 54.6 Å². The van der Waals surface area contributed by atoms with Crippen molar-refractivity contribution in [2.45, 2.75) is 18.3 Å². The van der Waals surface area contributed by atoms with E-state index in [4.69, 9.17) is 4.74 Å². The van der Waals surface area contributed by atoms with E-state index in [0.717, 1.165) is 5.56 Å². The van der Waals surface area contributed by atoms with Crippen molar-refractivity contribution >= 4 is 5.78 Å². The molecule has 2 aromatic carbocycles. The van der Waals surface area contributed by atoms with Gasteiger partial charge in [0.25, 0.3) is 0 Å². The highest BCUT2D eigenvalue weighted by atomic mass is 19.1. The minimum absolute atomic E-state index is 0.0171. The van der Waals surface area contributed by atoms with Crippen molar-refractivity contribution in [1.29, 1.82) is 0 Å². The van der Waals surface area contributed by atoms with Crippen molar-refractivity contribution in [2.75, 3.05) is 13.2 Å². The summed E-state index contributed by atoms with van der Waals surface area (Å²) in [5, 5.41) is 0. The van der Waals surface area contributed by atoms with E-state index in [1.807, 2.05) is 30.3 Å². The van der Waals surface area contributed by atoms with Gasteiger partial charge in [-0.3, -0.25) is 4.79 Å². The van der Waals surface area contributed by atoms with Gasteiger partial charge in [0.2, 0.25) is 0 Å². The zero-order valence-electron chi connectivity index (χ0n) is 11.7. The molecule has 0 unspecified atom stereocenters. The van der Waals surface area contributed by atoms with Gasteiger partial charge in [-0.15, -0.1) is 0 Å². The predicted octanol–water partition coefficient (Wildman–Crippen LogP) is 3.76. The standard InChI is InChI=1S/C18H17FO2/c19-16-8-4-5-14(13-16)17(20)18(9-11-21-12-10-18)15-6-2-1-3-7-15/h1-8,13H,9-12H2. The van der Waals surface area contributed by atoms with Crippen LogP contribution in [0.1, 0.15) is 28.8 Å². The summed E-state index contributed by atoms with van der Waals surface area (Å²) in [5.41, 5.74) is 0.816. The molecule has 0 saturated carbocycles. The summed E-state index contributed by atoms with van der Waals surface area (Å²) in [6, 6.07) is 15.7. The summed E-state index contributed by atoms with van der Waals surface area (Å²) >= 11 is 0. The summed E-state index contributed by atoms with van der Waals surface area (Å²) in [6.07, 6.45) is 1.26. The van der Waals surface area contributed by atoms with Gasteiger partial charge < -0.3 is 4.74 Å². The Bertz CT molecular complexity index is 631. The van der Waals surface area contributed by atoms with Crippen LogP contribution in [0.4, 0.5) is 4.39 Å². The maximum absolute atomic E-state index is 13.4. The first-order valence-electron chi connectivity index (χ1n) is 7.16. The van der Waals surface area contributed by atoms with Crippen LogP contribution in [0.3, 0.4) is 0 Å². The highest BCUT2D eigenvalue weighted by Crippen LogP contribution is 2.38. The molecule has 0 bridgehead atoms. The largest absolute Gasteiger partial charge is 0.381 e. The van der Waals surface area contributed by atoms with E-state index in [2.05, 4.69) is 0 Å². The third kappa shape index (κ3) is 2.61. The first kappa shape index (κ1) is 14.0. The fourth-order valence-electron chi connectivity index (χ4n) is 3.03. The Morgan fingerprint density at radius 2 is 1.71 bits per heavy atom. The Morgan fingerprint density at radius 3 is 2.38 bits per heavy atom. The van der Waals surface area contributed by atoms with E-state index in [1.165, 1.54) is 12.1 Å². The molecule has 0 aromatic heterocycles. The van der Waals surface area contributed by atoms with Gasteiger partial charge in [0.15, 0.2) is 5.78 Å². The van der Waals surface area contributed by atoms with E-state index in [-0.39, 0.29) is 11.6 Å². The average Bonchev–Trinajstić information content (AvgIpc) is 2.55. The topological polar surface area (TPSA) is 26.3 Å². The number of carbonyl (C=O) groups is 1. The highest BCUT2D eigenvalue weighted by Gasteiger charge is 2.41. The molecule has 0 aliphatic carbocycles. The van der Waals surface area contributed by atoms with Gasteiger partial charge in [-0.25, -0.2) is 4.39 Å².